The molecule has 0 atom stereocenters. The Labute approximate surface area is 143 Å². The average Bonchev–Trinajstić information content (AvgIpc) is 2.62. The van der Waals surface area contributed by atoms with Gasteiger partial charge in [0.1, 0.15) is 11.5 Å². The molecule has 0 saturated carbocycles. The first kappa shape index (κ1) is 17.8. The fourth-order valence-corrected chi connectivity index (χ4v) is 2.36. The Morgan fingerprint density at radius 1 is 1.04 bits per heavy atom. The van der Waals surface area contributed by atoms with Crippen LogP contribution in [-0.4, -0.2) is 33.2 Å². The summed E-state index contributed by atoms with van der Waals surface area (Å²) in [6.45, 7) is 1.06. The summed E-state index contributed by atoms with van der Waals surface area (Å²) in [6, 6.07) is 15.6. The predicted molar refractivity (Wildman–Crippen MR) is 95.8 cm³/mol. The number of anilines is 1. The van der Waals surface area contributed by atoms with Gasteiger partial charge in [0.05, 0.1) is 26.5 Å². The summed E-state index contributed by atoms with van der Waals surface area (Å²) < 4.78 is 10.4. The molecule has 5 heteroatoms. The van der Waals surface area contributed by atoms with E-state index in [0.717, 1.165) is 19.4 Å². The molecular weight excluding hydrogens is 304 g/mol. The summed E-state index contributed by atoms with van der Waals surface area (Å²) in [7, 11) is 3.15. The number of ether oxygens (including phenoxy) is 2. The lowest BCUT2D eigenvalue weighted by Gasteiger charge is -2.12. The normalized spacial score (nSPS) is 10.2. The van der Waals surface area contributed by atoms with E-state index in [9.17, 15) is 4.79 Å². The highest BCUT2D eigenvalue weighted by atomic mass is 16.5. The second kappa shape index (κ2) is 9.57. The Kier molecular flexibility index (Phi) is 7.11. The first-order valence-corrected chi connectivity index (χ1v) is 7.99. The van der Waals surface area contributed by atoms with Crippen LogP contribution in [0.25, 0.3) is 0 Å². The van der Waals surface area contributed by atoms with E-state index in [0.29, 0.717) is 17.2 Å². The van der Waals surface area contributed by atoms with Crippen molar-refractivity contribution in [2.24, 2.45) is 0 Å². The number of carbonyl (C=O) groups is 1. The highest BCUT2D eigenvalue weighted by molar-refractivity contribution is 5.93. The largest absolute Gasteiger partial charge is 0.497 e. The van der Waals surface area contributed by atoms with Crippen molar-refractivity contribution in [1.29, 1.82) is 0 Å². The van der Waals surface area contributed by atoms with E-state index in [1.54, 1.807) is 32.4 Å². The van der Waals surface area contributed by atoms with Crippen LogP contribution < -0.4 is 20.1 Å². The van der Waals surface area contributed by atoms with Gasteiger partial charge in [0, 0.05) is 6.07 Å². The van der Waals surface area contributed by atoms with Gasteiger partial charge in [0.2, 0.25) is 5.91 Å². The Hall–Kier alpha value is -2.53. The first-order chi connectivity index (χ1) is 11.7. The monoisotopic (exact) mass is 328 g/mol. The molecule has 0 unspecified atom stereocenters. The third-order valence-corrected chi connectivity index (χ3v) is 3.63. The maximum absolute atomic E-state index is 12.0. The number of amides is 1. The van der Waals surface area contributed by atoms with Crippen molar-refractivity contribution in [2.75, 3.05) is 32.6 Å². The smallest absolute Gasteiger partial charge is 0.238 e. The number of benzene rings is 2. The molecule has 0 aliphatic carbocycles. The molecule has 0 spiro atoms. The highest BCUT2D eigenvalue weighted by Gasteiger charge is 2.08. The van der Waals surface area contributed by atoms with Crippen molar-refractivity contribution < 1.29 is 14.3 Å². The predicted octanol–water partition coefficient (Wildman–Crippen LogP) is 2.86. The molecule has 5 nitrogen and oxygen atoms in total. The molecule has 2 N–H and O–H groups in total. The van der Waals surface area contributed by atoms with E-state index in [-0.39, 0.29) is 12.5 Å². The third-order valence-electron chi connectivity index (χ3n) is 3.63. The van der Waals surface area contributed by atoms with Gasteiger partial charge in [0.15, 0.2) is 0 Å². The zero-order valence-electron chi connectivity index (χ0n) is 14.2. The maximum atomic E-state index is 12.0. The average molecular weight is 328 g/mol. The molecule has 2 aromatic rings. The van der Waals surface area contributed by atoms with E-state index >= 15 is 0 Å². The summed E-state index contributed by atoms with van der Waals surface area (Å²) in [5.74, 6) is 1.16. The van der Waals surface area contributed by atoms with Gasteiger partial charge in [-0.2, -0.15) is 0 Å². The zero-order valence-corrected chi connectivity index (χ0v) is 14.2. The topological polar surface area (TPSA) is 59.6 Å². The SMILES string of the molecule is COc1ccc(NC(=O)CNCCCc2ccccc2)c(OC)c1. The van der Waals surface area contributed by atoms with E-state index < -0.39 is 0 Å². The lowest BCUT2D eigenvalue weighted by Crippen LogP contribution is -2.29. The van der Waals surface area contributed by atoms with Gasteiger partial charge in [-0.05, 0) is 37.1 Å². The summed E-state index contributed by atoms with van der Waals surface area (Å²) in [4.78, 5) is 12.0. The Bertz CT molecular complexity index is 644. The molecule has 0 bridgehead atoms. The second-order valence-corrected chi connectivity index (χ2v) is 5.38. The van der Waals surface area contributed by atoms with Crippen molar-refractivity contribution in [3.05, 3.63) is 54.1 Å². The summed E-state index contributed by atoms with van der Waals surface area (Å²) in [5.41, 5.74) is 1.95. The lowest BCUT2D eigenvalue weighted by molar-refractivity contribution is -0.115. The minimum Gasteiger partial charge on any atom is -0.497 e. The van der Waals surface area contributed by atoms with Crippen molar-refractivity contribution in [2.45, 2.75) is 12.8 Å². The molecule has 0 saturated heterocycles. The molecule has 2 rings (SSSR count). The quantitative estimate of drug-likeness (QED) is 0.695. The highest BCUT2D eigenvalue weighted by Crippen LogP contribution is 2.28. The molecule has 0 aromatic heterocycles. The maximum Gasteiger partial charge on any atom is 0.238 e. The minimum atomic E-state index is -0.0989. The van der Waals surface area contributed by atoms with Crippen molar-refractivity contribution in [3.63, 3.8) is 0 Å². The van der Waals surface area contributed by atoms with Crippen LogP contribution in [0.15, 0.2) is 48.5 Å². The van der Waals surface area contributed by atoms with Crippen LogP contribution in [0.2, 0.25) is 0 Å². The van der Waals surface area contributed by atoms with Crippen molar-refractivity contribution in [3.8, 4) is 11.5 Å². The van der Waals surface area contributed by atoms with Crippen LogP contribution in [0.5, 0.6) is 11.5 Å². The Morgan fingerprint density at radius 3 is 2.54 bits per heavy atom. The number of aryl methyl sites for hydroxylation is 1. The molecule has 0 fully saturated rings. The van der Waals surface area contributed by atoms with Crippen LogP contribution >= 0.6 is 0 Å². The number of methoxy groups -OCH3 is 2. The molecule has 128 valence electrons. The Balaban J connectivity index is 1.71. The molecule has 2 aromatic carbocycles. The third kappa shape index (κ3) is 5.59. The summed E-state index contributed by atoms with van der Waals surface area (Å²) in [6.07, 6.45) is 1.99. The lowest BCUT2D eigenvalue weighted by atomic mass is 10.1. The van der Waals surface area contributed by atoms with E-state index in [4.69, 9.17) is 9.47 Å². The molecule has 24 heavy (non-hydrogen) atoms. The number of hydrogen-bond donors (Lipinski definition) is 2. The molecule has 0 aliphatic rings. The van der Waals surface area contributed by atoms with Gasteiger partial charge in [-0.3, -0.25) is 4.79 Å². The van der Waals surface area contributed by atoms with Gasteiger partial charge in [-0.25, -0.2) is 0 Å². The van der Waals surface area contributed by atoms with E-state index in [1.165, 1.54) is 5.56 Å². The molecule has 0 aliphatic heterocycles. The van der Waals surface area contributed by atoms with E-state index in [1.807, 2.05) is 18.2 Å². The fraction of sp³-hybridized carbons (Fsp3) is 0.316. The molecule has 0 heterocycles. The summed E-state index contributed by atoms with van der Waals surface area (Å²) >= 11 is 0. The molecule has 1 amide bonds. The first-order valence-electron chi connectivity index (χ1n) is 7.99. The zero-order chi connectivity index (χ0) is 17.2. The van der Waals surface area contributed by atoms with Crippen LogP contribution in [0.3, 0.4) is 0 Å². The van der Waals surface area contributed by atoms with Gasteiger partial charge < -0.3 is 20.1 Å². The summed E-state index contributed by atoms with van der Waals surface area (Å²) in [5, 5.41) is 6.00. The van der Waals surface area contributed by atoms with Crippen LogP contribution in [-0.2, 0) is 11.2 Å². The standard InChI is InChI=1S/C19H24N2O3/c1-23-16-10-11-17(18(13-16)24-2)21-19(22)14-20-12-6-9-15-7-4-3-5-8-15/h3-5,7-8,10-11,13,20H,6,9,12,14H2,1-2H3,(H,21,22). The van der Waals surface area contributed by atoms with Gasteiger partial charge in [-0.15, -0.1) is 0 Å². The molecular formula is C19H24N2O3. The van der Waals surface area contributed by atoms with Gasteiger partial charge in [-0.1, -0.05) is 30.3 Å². The van der Waals surface area contributed by atoms with Crippen molar-refractivity contribution in [1.82, 2.24) is 5.32 Å². The Morgan fingerprint density at radius 2 is 1.83 bits per heavy atom. The van der Waals surface area contributed by atoms with Gasteiger partial charge >= 0.3 is 0 Å². The molecule has 0 radical (unpaired) electrons. The van der Waals surface area contributed by atoms with E-state index in [2.05, 4.69) is 22.8 Å². The van der Waals surface area contributed by atoms with Gasteiger partial charge in [0.25, 0.3) is 0 Å². The number of rotatable bonds is 9. The fourth-order valence-electron chi connectivity index (χ4n) is 2.36. The minimum absolute atomic E-state index is 0.0989. The number of nitrogens with one attached hydrogen (secondary N) is 2. The van der Waals surface area contributed by atoms with Crippen LogP contribution in [0.1, 0.15) is 12.0 Å². The van der Waals surface area contributed by atoms with Crippen LogP contribution in [0, 0.1) is 0 Å². The number of carbonyl (C=O) groups excluding carboxylic acids is 1. The number of hydrogen-bond acceptors (Lipinski definition) is 4. The van der Waals surface area contributed by atoms with Crippen LogP contribution in [0.4, 0.5) is 5.69 Å². The van der Waals surface area contributed by atoms with Crippen molar-refractivity contribution >= 4 is 11.6 Å². The second-order valence-electron chi connectivity index (χ2n) is 5.38.